The second-order valence-electron chi connectivity index (χ2n) is 8.13. The van der Waals surface area contributed by atoms with Gasteiger partial charge < -0.3 is 4.90 Å². The number of aromatic nitrogens is 3. The SMILES string of the molecule is CN1Cc2cc(Cl)ccc2-n2c(nnc2C2CCN(C(=O)C3CC3)CC2)C1. The molecule has 6 nitrogen and oxygen atoms in total. The topological polar surface area (TPSA) is 54.3 Å². The highest BCUT2D eigenvalue weighted by molar-refractivity contribution is 6.30. The van der Waals surface area contributed by atoms with Crippen molar-refractivity contribution in [3.63, 3.8) is 0 Å². The summed E-state index contributed by atoms with van der Waals surface area (Å²) in [5, 5.41) is 9.86. The molecule has 0 atom stereocenters. The first kappa shape index (κ1) is 17.2. The van der Waals surface area contributed by atoms with Crippen molar-refractivity contribution in [2.24, 2.45) is 5.92 Å². The molecule has 3 aliphatic rings. The van der Waals surface area contributed by atoms with E-state index in [0.717, 1.165) is 74.2 Å². The van der Waals surface area contributed by atoms with Crippen LogP contribution in [0.25, 0.3) is 5.69 Å². The molecule has 1 saturated heterocycles. The van der Waals surface area contributed by atoms with Gasteiger partial charge in [-0.3, -0.25) is 14.3 Å². The standard InChI is InChI=1S/C20H24ClN5O/c1-24-11-15-10-16(21)4-5-17(15)26-18(12-24)22-23-19(26)13-6-8-25(9-7-13)20(27)14-2-3-14/h4-5,10,13-14H,2-3,6-9,11-12H2,1H3. The van der Waals surface area contributed by atoms with Crippen LogP contribution in [0.5, 0.6) is 0 Å². The Balaban J connectivity index is 1.45. The molecule has 1 saturated carbocycles. The van der Waals surface area contributed by atoms with Crippen molar-refractivity contribution in [1.82, 2.24) is 24.6 Å². The molecule has 27 heavy (non-hydrogen) atoms. The number of halogens is 1. The summed E-state index contributed by atoms with van der Waals surface area (Å²) >= 11 is 6.25. The smallest absolute Gasteiger partial charge is 0.225 e. The van der Waals surface area contributed by atoms with Crippen molar-refractivity contribution in [2.45, 2.75) is 44.7 Å². The summed E-state index contributed by atoms with van der Waals surface area (Å²) in [7, 11) is 2.09. The Morgan fingerprint density at radius 2 is 1.89 bits per heavy atom. The van der Waals surface area contributed by atoms with Crippen LogP contribution in [0.2, 0.25) is 5.02 Å². The molecule has 7 heteroatoms. The number of benzene rings is 1. The molecule has 2 aliphatic heterocycles. The van der Waals surface area contributed by atoms with Crippen molar-refractivity contribution < 1.29 is 4.79 Å². The Kier molecular flexibility index (Phi) is 4.20. The fourth-order valence-electron chi connectivity index (χ4n) is 4.39. The first-order valence-corrected chi connectivity index (χ1v) is 10.2. The van der Waals surface area contributed by atoms with E-state index in [4.69, 9.17) is 11.6 Å². The van der Waals surface area contributed by atoms with Gasteiger partial charge >= 0.3 is 0 Å². The van der Waals surface area contributed by atoms with Gasteiger partial charge in [0.1, 0.15) is 5.82 Å². The maximum absolute atomic E-state index is 12.3. The fraction of sp³-hybridized carbons (Fsp3) is 0.550. The molecule has 2 fully saturated rings. The summed E-state index contributed by atoms with van der Waals surface area (Å²) in [5.74, 6) is 3.00. The number of hydrogen-bond donors (Lipinski definition) is 0. The Morgan fingerprint density at radius 1 is 1.11 bits per heavy atom. The minimum Gasteiger partial charge on any atom is -0.342 e. The zero-order chi connectivity index (χ0) is 18.5. The molecule has 1 amide bonds. The van der Waals surface area contributed by atoms with Crippen LogP contribution in [0, 0.1) is 5.92 Å². The second-order valence-corrected chi connectivity index (χ2v) is 8.57. The number of likely N-dealkylation sites (tertiary alicyclic amines) is 1. The highest BCUT2D eigenvalue weighted by Gasteiger charge is 2.36. The molecule has 1 aromatic carbocycles. The maximum Gasteiger partial charge on any atom is 0.225 e. The summed E-state index contributed by atoms with van der Waals surface area (Å²) in [6.07, 6.45) is 4.05. The van der Waals surface area contributed by atoms with Crippen LogP contribution in [-0.4, -0.2) is 50.6 Å². The molecule has 0 unspecified atom stereocenters. The third kappa shape index (κ3) is 3.15. The molecule has 5 rings (SSSR count). The van der Waals surface area contributed by atoms with Crippen molar-refractivity contribution in [1.29, 1.82) is 0 Å². The largest absolute Gasteiger partial charge is 0.342 e. The van der Waals surface area contributed by atoms with E-state index in [-0.39, 0.29) is 0 Å². The van der Waals surface area contributed by atoms with Crippen molar-refractivity contribution in [2.75, 3.05) is 20.1 Å². The third-order valence-electron chi connectivity index (χ3n) is 5.99. The Labute approximate surface area is 164 Å². The van der Waals surface area contributed by atoms with Gasteiger partial charge in [0.05, 0.1) is 12.2 Å². The molecule has 0 N–H and O–H groups in total. The van der Waals surface area contributed by atoms with Crippen molar-refractivity contribution >= 4 is 17.5 Å². The number of rotatable bonds is 2. The van der Waals surface area contributed by atoms with E-state index in [2.05, 4.69) is 37.7 Å². The lowest BCUT2D eigenvalue weighted by Gasteiger charge is -2.32. The predicted octanol–water partition coefficient (Wildman–Crippen LogP) is 2.98. The predicted molar refractivity (Wildman–Crippen MR) is 103 cm³/mol. The van der Waals surface area contributed by atoms with E-state index >= 15 is 0 Å². The number of piperidine rings is 1. The van der Waals surface area contributed by atoms with E-state index in [1.54, 1.807) is 0 Å². The van der Waals surface area contributed by atoms with Crippen LogP contribution in [-0.2, 0) is 17.9 Å². The van der Waals surface area contributed by atoms with Gasteiger partial charge in [0, 0.05) is 36.5 Å². The molecule has 0 radical (unpaired) electrons. The summed E-state index contributed by atoms with van der Waals surface area (Å²) in [5.41, 5.74) is 2.33. The summed E-state index contributed by atoms with van der Waals surface area (Å²) in [6.45, 7) is 3.26. The average molecular weight is 386 g/mol. The van der Waals surface area contributed by atoms with Gasteiger partial charge in [0.2, 0.25) is 5.91 Å². The molecule has 2 aromatic rings. The van der Waals surface area contributed by atoms with Gasteiger partial charge in [0.25, 0.3) is 0 Å². The van der Waals surface area contributed by atoms with E-state index in [1.807, 2.05) is 12.1 Å². The zero-order valence-corrected chi connectivity index (χ0v) is 16.3. The van der Waals surface area contributed by atoms with Crippen LogP contribution in [0.1, 0.15) is 48.8 Å². The molecule has 142 valence electrons. The summed E-state index contributed by atoms with van der Waals surface area (Å²) < 4.78 is 2.23. The van der Waals surface area contributed by atoms with Crippen LogP contribution in [0.3, 0.4) is 0 Å². The number of fused-ring (bicyclic) bond motifs is 3. The Hall–Kier alpha value is -1.92. The van der Waals surface area contributed by atoms with Crippen molar-refractivity contribution in [3.05, 3.63) is 40.4 Å². The first-order chi connectivity index (χ1) is 13.1. The monoisotopic (exact) mass is 385 g/mol. The summed E-state index contributed by atoms with van der Waals surface area (Å²) in [4.78, 5) is 16.6. The van der Waals surface area contributed by atoms with Gasteiger partial charge in [0.15, 0.2) is 5.82 Å². The Morgan fingerprint density at radius 3 is 2.63 bits per heavy atom. The second kappa shape index (κ2) is 6.60. The zero-order valence-electron chi connectivity index (χ0n) is 15.6. The quantitative estimate of drug-likeness (QED) is 0.797. The molecular weight excluding hydrogens is 362 g/mol. The number of nitrogens with zero attached hydrogens (tertiary/aromatic N) is 5. The van der Waals surface area contributed by atoms with E-state index < -0.39 is 0 Å². The summed E-state index contributed by atoms with van der Waals surface area (Å²) in [6, 6.07) is 6.07. The number of amides is 1. The van der Waals surface area contributed by atoms with Crippen LogP contribution in [0.4, 0.5) is 0 Å². The van der Waals surface area contributed by atoms with Crippen LogP contribution >= 0.6 is 11.6 Å². The molecule has 1 aromatic heterocycles. The highest BCUT2D eigenvalue weighted by Crippen LogP contribution is 2.36. The molecule has 3 heterocycles. The van der Waals surface area contributed by atoms with Gasteiger partial charge in [-0.05, 0) is 56.5 Å². The fourth-order valence-corrected chi connectivity index (χ4v) is 4.59. The maximum atomic E-state index is 12.3. The lowest BCUT2D eigenvalue weighted by molar-refractivity contribution is -0.133. The molecule has 0 spiro atoms. The van der Waals surface area contributed by atoms with Gasteiger partial charge in [-0.15, -0.1) is 10.2 Å². The van der Waals surface area contributed by atoms with Gasteiger partial charge in [-0.25, -0.2) is 0 Å². The van der Waals surface area contributed by atoms with E-state index in [0.29, 0.717) is 17.7 Å². The average Bonchev–Trinajstić information content (AvgIpc) is 3.45. The number of carbonyl (C=O) groups is 1. The molecular formula is C20H24ClN5O. The molecule has 0 bridgehead atoms. The normalized spacial score (nSPS) is 20.9. The number of hydrogen-bond acceptors (Lipinski definition) is 4. The lowest BCUT2D eigenvalue weighted by atomic mass is 9.95. The lowest BCUT2D eigenvalue weighted by Crippen LogP contribution is -2.39. The Bertz CT molecular complexity index is 882. The minimum absolute atomic E-state index is 0.304. The first-order valence-electron chi connectivity index (χ1n) is 9.80. The van der Waals surface area contributed by atoms with Crippen LogP contribution in [0.15, 0.2) is 18.2 Å². The van der Waals surface area contributed by atoms with E-state index in [1.165, 1.54) is 5.56 Å². The van der Waals surface area contributed by atoms with Gasteiger partial charge in [-0.1, -0.05) is 11.6 Å². The van der Waals surface area contributed by atoms with E-state index in [9.17, 15) is 4.79 Å². The van der Waals surface area contributed by atoms with Crippen LogP contribution < -0.4 is 0 Å². The minimum atomic E-state index is 0.304. The van der Waals surface area contributed by atoms with Crippen molar-refractivity contribution in [3.8, 4) is 5.69 Å². The highest BCUT2D eigenvalue weighted by atomic mass is 35.5. The molecule has 1 aliphatic carbocycles. The van der Waals surface area contributed by atoms with Gasteiger partial charge in [-0.2, -0.15) is 0 Å². The number of carbonyl (C=O) groups excluding carboxylic acids is 1. The third-order valence-corrected chi connectivity index (χ3v) is 6.22.